The largest absolute Gasteiger partial charge is 0.573 e. The van der Waals surface area contributed by atoms with E-state index in [1.165, 1.54) is 36.4 Å². The highest BCUT2D eigenvalue weighted by Crippen LogP contribution is 2.23. The standard InChI is InChI=1S/C22H18F6N2O4/c1-2-29-20(32)18(13-14-3-7-17(8-4-14)34-22(26,27)28)30-19(31)15-5-9-16(10-6-15)33-12-11-21(23,24)25/h1,3-10,18H,11-13H2,(H,29,32)(H,30,31). The monoisotopic (exact) mass is 488 g/mol. The maximum atomic E-state index is 12.5. The van der Waals surface area contributed by atoms with E-state index in [4.69, 9.17) is 11.2 Å². The number of halogens is 6. The third-order valence-electron chi connectivity index (χ3n) is 4.18. The Bertz CT molecular complexity index is 1010. The Kier molecular flexibility index (Phi) is 8.77. The molecule has 0 aliphatic carbocycles. The molecule has 0 aliphatic rings. The van der Waals surface area contributed by atoms with Crippen molar-refractivity contribution in [2.75, 3.05) is 6.61 Å². The predicted octanol–water partition coefficient (Wildman–Crippen LogP) is 3.96. The van der Waals surface area contributed by atoms with Crippen LogP contribution in [-0.4, -0.2) is 37.0 Å². The molecule has 182 valence electrons. The highest BCUT2D eigenvalue weighted by Gasteiger charge is 2.31. The van der Waals surface area contributed by atoms with Crippen LogP contribution < -0.4 is 20.1 Å². The van der Waals surface area contributed by atoms with Gasteiger partial charge in [0, 0.05) is 18.0 Å². The summed E-state index contributed by atoms with van der Waals surface area (Å²) in [4.78, 5) is 24.8. The minimum atomic E-state index is -4.86. The summed E-state index contributed by atoms with van der Waals surface area (Å²) >= 11 is 0. The topological polar surface area (TPSA) is 76.7 Å². The molecule has 1 unspecified atom stereocenters. The highest BCUT2D eigenvalue weighted by atomic mass is 19.4. The Hall–Kier alpha value is -3.88. The predicted molar refractivity (Wildman–Crippen MR) is 108 cm³/mol. The van der Waals surface area contributed by atoms with Gasteiger partial charge in [-0.25, -0.2) is 0 Å². The van der Waals surface area contributed by atoms with E-state index < -0.39 is 49.2 Å². The molecule has 0 aromatic heterocycles. The van der Waals surface area contributed by atoms with E-state index >= 15 is 0 Å². The summed E-state index contributed by atoms with van der Waals surface area (Å²) in [5.74, 6) is -1.78. The minimum Gasteiger partial charge on any atom is -0.493 e. The molecule has 1 atom stereocenters. The zero-order valence-corrected chi connectivity index (χ0v) is 17.3. The Labute approximate surface area is 190 Å². The second-order valence-electron chi connectivity index (χ2n) is 6.79. The Morgan fingerprint density at radius 3 is 2.06 bits per heavy atom. The first-order valence-electron chi connectivity index (χ1n) is 9.57. The fourth-order valence-corrected chi connectivity index (χ4v) is 2.66. The number of hydrogen-bond acceptors (Lipinski definition) is 4. The summed E-state index contributed by atoms with van der Waals surface area (Å²) in [5, 5.41) is 4.55. The second-order valence-corrected chi connectivity index (χ2v) is 6.79. The van der Waals surface area contributed by atoms with Gasteiger partial charge in [0.1, 0.15) is 17.5 Å². The molecule has 0 spiro atoms. The Balaban J connectivity index is 2.04. The van der Waals surface area contributed by atoms with Gasteiger partial charge in [-0.05, 0) is 42.0 Å². The maximum absolute atomic E-state index is 12.5. The molecule has 34 heavy (non-hydrogen) atoms. The van der Waals surface area contributed by atoms with Gasteiger partial charge in [0.2, 0.25) is 0 Å². The molecular weight excluding hydrogens is 470 g/mol. The molecule has 0 radical (unpaired) electrons. The molecule has 2 N–H and O–H groups in total. The molecule has 0 saturated carbocycles. The van der Waals surface area contributed by atoms with E-state index in [2.05, 4.69) is 15.4 Å². The van der Waals surface area contributed by atoms with Crippen LogP contribution in [0.2, 0.25) is 0 Å². The fourth-order valence-electron chi connectivity index (χ4n) is 2.66. The zero-order chi connectivity index (χ0) is 25.4. The summed E-state index contributed by atoms with van der Waals surface area (Å²) in [6.45, 7) is -0.587. The first-order valence-corrected chi connectivity index (χ1v) is 9.57. The molecule has 0 fully saturated rings. The van der Waals surface area contributed by atoms with Crippen LogP contribution in [-0.2, 0) is 11.2 Å². The van der Waals surface area contributed by atoms with Crippen molar-refractivity contribution in [2.45, 2.75) is 31.4 Å². The summed E-state index contributed by atoms with van der Waals surface area (Å²) in [5.41, 5.74) is 0.482. The van der Waals surface area contributed by atoms with Crippen molar-refractivity contribution >= 4 is 11.8 Å². The number of benzene rings is 2. The number of alkyl halides is 6. The summed E-state index contributed by atoms with van der Waals surface area (Å²) in [6.07, 6.45) is -5.40. The molecule has 0 saturated heterocycles. The zero-order valence-electron chi connectivity index (χ0n) is 17.3. The van der Waals surface area contributed by atoms with Gasteiger partial charge in [0.25, 0.3) is 11.8 Å². The molecule has 0 aliphatic heterocycles. The number of terminal acetylenes is 1. The van der Waals surface area contributed by atoms with Crippen LogP contribution in [0.25, 0.3) is 0 Å². The first-order chi connectivity index (χ1) is 15.9. The third-order valence-corrected chi connectivity index (χ3v) is 4.18. The number of hydrogen-bond donors (Lipinski definition) is 2. The van der Waals surface area contributed by atoms with Gasteiger partial charge in [0.05, 0.1) is 13.0 Å². The van der Waals surface area contributed by atoms with E-state index in [-0.39, 0.29) is 17.7 Å². The number of rotatable bonds is 9. The molecule has 6 nitrogen and oxygen atoms in total. The van der Waals surface area contributed by atoms with Gasteiger partial charge in [0.15, 0.2) is 0 Å². The van der Waals surface area contributed by atoms with Crippen LogP contribution in [0.3, 0.4) is 0 Å². The van der Waals surface area contributed by atoms with Crippen LogP contribution in [0.15, 0.2) is 48.5 Å². The number of ether oxygens (including phenoxy) is 2. The van der Waals surface area contributed by atoms with Crippen LogP contribution in [0.4, 0.5) is 26.3 Å². The van der Waals surface area contributed by atoms with E-state index in [0.29, 0.717) is 5.56 Å². The lowest BCUT2D eigenvalue weighted by Crippen LogP contribution is -2.46. The summed E-state index contributed by atoms with van der Waals surface area (Å²) in [7, 11) is 0. The number of amides is 2. The summed E-state index contributed by atoms with van der Waals surface area (Å²) in [6, 6.07) is 10.6. The Morgan fingerprint density at radius 2 is 1.53 bits per heavy atom. The van der Waals surface area contributed by atoms with E-state index in [1.807, 2.05) is 6.04 Å². The van der Waals surface area contributed by atoms with E-state index in [9.17, 15) is 35.9 Å². The normalized spacial score (nSPS) is 12.3. The highest BCUT2D eigenvalue weighted by molar-refractivity contribution is 5.98. The lowest BCUT2D eigenvalue weighted by atomic mass is 10.0. The van der Waals surface area contributed by atoms with Crippen molar-refractivity contribution in [3.05, 3.63) is 59.7 Å². The Morgan fingerprint density at radius 1 is 0.941 bits per heavy atom. The van der Waals surface area contributed by atoms with Gasteiger partial charge < -0.3 is 14.8 Å². The summed E-state index contributed by atoms with van der Waals surface area (Å²) < 4.78 is 82.2. The average Bonchev–Trinajstić information content (AvgIpc) is 2.73. The van der Waals surface area contributed by atoms with Crippen LogP contribution >= 0.6 is 0 Å². The lowest BCUT2D eigenvalue weighted by Gasteiger charge is -2.18. The van der Waals surface area contributed by atoms with Crippen molar-refractivity contribution in [3.8, 4) is 24.0 Å². The van der Waals surface area contributed by atoms with Crippen molar-refractivity contribution < 1.29 is 45.4 Å². The minimum absolute atomic E-state index is 0.0793. The maximum Gasteiger partial charge on any atom is 0.573 e. The van der Waals surface area contributed by atoms with Gasteiger partial charge in [-0.15, -0.1) is 13.2 Å². The van der Waals surface area contributed by atoms with E-state index in [0.717, 1.165) is 12.1 Å². The number of carbonyl (C=O) groups is 2. The van der Waals surface area contributed by atoms with E-state index in [1.54, 1.807) is 0 Å². The molecule has 2 aromatic carbocycles. The van der Waals surface area contributed by atoms with Crippen molar-refractivity contribution in [3.63, 3.8) is 0 Å². The molecular formula is C22H18F6N2O4. The van der Waals surface area contributed by atoms with Crippen molar-refractivity contribution in [1.82, 2.24) is 10.6 Å². The molecule has 2 amide bonds. The smallest absolute Gasteiger partial charge is 0.493 e. The van der Waals surface area contributed by atoms with Gasteiger partial charge in [-0.2, -0.15) is 13.2 Å². The fraction of sp³-hybridized carbons (Fsp3) is 0.273. The SMILES string of the molecule is C#CNC(=O)C(Cc1ccc(OC(F)(F)F)cc1)NC(=O)c1ccc(OCCC(F)(F)F)cc1. The van der Waals surface area contributed by atoms with Gasteiger partial charge in [-0.1, -0.05) is 18.6 Å². The van der Waals surface area contributed by atoms with Crippen molar-refractivity contribution in [2.24, 2.45) is 0 Å². The molecule has 12 heteroatoms. The molecule has 2 aromatic rings. The average molecular weight is 488 g/mol. The van der Waals surface area contributed by atoms with Crippen LogP contribution in [0, 0.1) is 12.5 Å². The van der Waals surface area contributed by atoms with Gasteiger partial charge >= 0.3 is 12.5 Å². The number of carbonyl (C=O) groups excluding carboxylic acids is 2. The van der Waals surface area contributed by atoms with Crippen molar-refractivity contribution in [1.29, 1.82) is 0 Å². The van der Waals surface area contributed by atoms with Crippen LogP contribution in [0.5, 0.6) is 11.5 Å². The first kappa shape index (κ1) is 26.4. The van der Waals surface area contributed by atoms with Crippen LogP contribution in [0.1, 0.15) is 22.3 Å². The van der Waals surface area contributed by atoms with Gasteiger partial charge in [-0.3, -0.25) is 14.9 Å². The second kappa shape index (κ2) is 11.3. The molecule has 0 heterocycles. The molecule has 0 bridgehead atoms. The molecule has 2 rings (SSSR count). The quantitative estimate of drug-likeness (QED) is 0.318. The number of nitrogens with one attached hydrogen (secondary N) is 2. The third kappa shape index (κ3) is 9.32. The lowest BCUT2D eigenvalue weighted by molar-refractivity contribution is -0.274.